The van der Waals surface area contributed by atoms with Crippen LogP contribution in [0.4, 0.5) is 13.2 Å². The third-order valence-corrected chi connectivity index (χ3v) is 2.13. The highest BCUT2D eigenvalue weighted by Crippen LogP contribution is 2.36. The number of ether oxygens (including phenoxy) is 3. The lowest BCUT2D eigenvalue weighted by Crippen LogP contribution is -2.11. The van der Waals surface area contributed by atoms with Gasteiger partial charge in [-0.25, -0.2) is 4.98 Å². The van der Waals surface area contributed by atoms with Crippen molar-refractivity contribution in [1.29, 1.82) is 0 Å². The first-order valence-corrected chi connectivity index (χ1v) is 5.19. The van der Waals surface area contributed by atoms with E-state index in [0.717, 1.165) is 19.4 Å². The van der Waals surface area contributed by atoms with E-state index in [1.54, 1.807) is 0 Å². The first kappa shape index (κ1) is 15.1. The lowest BCUT2D eigenvalue weighted by atomic mass is 10.2. The number of hydrogen-bond acceptors (Lipinski definition) is 5. The molecular weight excluding hydrogens is 267 g/mol. The van der Waals surface area contributed by atoms with Gasteiger partial charge in [-0.05, 0) is 6.07 Å². The lowest BCUT2D eigenvalue weighted by molar-refractivity contribution is -0.141. The Bertz CT molecular complexity index is 448. The Morgan fingerprint density at radius 1 is 1.37 bits per heavy atom. The lowest BCUT2D eigenvalue weighted by Gasteiger charge is -2.12. The molecule has 5 nitrogen and oxygen atoms in total. The van der Waals surface area contributed by atoms with Gasteiger partial charge in [-0.15, -0.1) is 0 Å². The molecule has 0 radical (unpaired) electrons. The first-order valence-electron chi connectivity index (χ1n) is 5.19. The van der Waals surface area contributed by atoms with Crippen molar-refractivity contribution in [2.24, 2.45) is 0 Å². The van der Waals surface area contributed by atoms with Crippen molar-refractivity contribution in [3.05, 3.63) is 17.8 Å². The molecule has 0 aliphatic carbocycles. The molecule has 0 saturated carbocycles. The van der Waals surface area contributed by atoms with Crippen molar-refractivity contribution in [3.8, 4) is 11.6 Å². The molecule has 1 heterocycles. The molecule has 1 rings (SSSR count). The van der Waals surface area contributed by atoms with Crippen molar-refractivity contribution < 1.29 is 32.2 Å². The quantitative estimate of drug-likeness (QED) is 0.772. The Morgan fingerprint density at radius 2 is 2.05 bits per heavy atom. The SMILES string of the molecule is COC(=O)CCOc1cnc(OC)c(C(F)(F)F)c1. The molecule has 106 valence electrons. The summed E-state index contributed by atoms with van der Waals surface area (Å²) in [4.78, 5) is 14.3. The van der Waals surface area contributed by atoms with Crippen molar-refractivity contribution >= 4 is 5.97 Å². The number of carbonyl (C=O) groups excluding carboxylic acids is 1. The fraction of sp³-hybridized carbons (Fsp3) is 0.455. The molecule has 0 fully saturated rings. The first-order chi connectivity index (χ1) is 8.88. The summed E-state index contributed by atoms with van der Waals surface area (Å²) >= 11 is 0. The van der Waals surface area contributed by atoms with E-state index in [2.05, 4.69) is 14.5 Å². The highest BCUT2D eigenvalue weighted by atomic mass is 19.4. The fourth-order valence-electron chi connectivity index (χ4n) is 1.23. The fourth-order valence-corrected chi connectivity index (χ4v) is 1.23. The second-order valence-corrected chi connectivity index (χ2v) is 3.40. The molecule has 0 amide bonds. The van der Waals surface area contributed by atoms with E-state index in [4.69, 9.17) is 4.74 Å². The van der Waals surface area contributed by atoms with Gasteiger partial charge < -0.3 is 14.2 Å². The maximum absolute atomic E-state index is 12.7. The highest BCUT2D eigenvalue weighted by molar-refractivity contribution is 5.69. The summed E-state index contributed by atoms with van der Waals surface area (Å²) in [5, 5.41) is 0. The molecule has 0 aliphatic rings. The van der Waals surface area contributed by atoms with Gasteiger partial charge in [0, 0.05) is 0 Å². The second-order valence-electron chi connectivity index (χ2n) is 3.40. The van der Waals surface area contributed by atoms with Crippen LogP contribution in [0.15, 0.2) is 12.3 Å². The van der Waals surface area contributed by atoms with Crippen LogP contribution < -0.4 is 9.47 Å². The maximum Gasteiger partial charge on any atom is 0.421 e. The van der Waals surface area contributed by atoms with E-state index in [9.17, 15) is 18.0 Å². The van der Waals surface area contributed by atoms with Gasteiger partial charge in [0.1, 0.15) is 11.3 Å². The maximum atomic E-state index is 12.7. The van der Waals surface area contributed by atoms with Gasteiger partial charge >= 0.3 is 12.1 Å². The number of methoxy groups -OCH3 is 2. The minimum Gasteiger partial charge on any atom is -0.491 e. The minimum absolute atomic E-state index is 0.0656. The molecule has 0 spiro atoms. The number of alkyl halides is 3. The van der Waals surface area contributed by atoms with Crippen LogP contribution >= 0.6 is 0 Å². The van der Waals surface area contributed by atoms with E-state index >= 15 is 0 Å². The molecule has 1 aromatic heterocycles. The third-order valence-electron chi connectivity index (χ3n) is 2.13. The molecule has 0 atom stereocenters. The van der Waals surface area contributed by atoms with E-state index in [-0.39, 0.29) is 18.8 Å². The molecule has 0 N–H and O–H groups in total. The zero-order valence-corrected chi connectivity index (χ0v) is 10.3. The number of aromatic nitrogens is 1. The Morgan fingerprint density at radius 3 is 2.58 bits per heavy atom. The largest absolute Gasteiger partial charge is 0.491 e. The minimum atomic E-state index is -4.60. The Labute approximate surface area is 107 Å². The van der Waals surface area contributed by atoms with Crippen LogP contribution in [0, 0.1) is 0 Å². The van der Waals surface area contributed by atoms with Crippen molar-refractivity contribution in [1.82, 2.24) is 4.98 Å². The van der Waals surface area contributed by atoms with Gasteiger partial charge in [-0.3, -0.25) is 4.79 Å². The molecule has 0 unspecified atom stereocenters. The predicted molar refractivity (Wildman–Crippen MR) is 57.9 cm³/mol. The smallest absolute Gasteiger partial charge is 0.421 e. The number of pyridine rings is 1. The summed E-state index contributed by atoms with van der Waals surface area (Å²) in [6.07, 6.45) is -3.57. The molecule has 1 aromatic rings. The van der Waals surface area contributed by atoms with E-state index in [1.165, 1.54) is 7.11 Å². The average molecular weight is 279 g/mol. The normalized spacial score (nSPS) is 11.0. The number of halogens is 3. The topological polar surface area (TPSA) is 57.7 Å². The van der Waals surface area contributed by atoms with Gasteiger partial charge in [-0.2, -0.15) is 13.2 Å². The van der Waals surface area contributed by atoms with Gasteiger partial charge in [0.25, 0.3) is 0 Å². The molecule has 0 saturated heterocycles. The van der Waals surface area contributed by atoms with Crippen LogP contribution in [0.5, 0.6) is 11.6 Å². The van der Waals surface area contributed by atoms with Gasteiger partial charge in [0.2, 0.25) is 5.88 Å². The second kappa shape index (κ2) is 6.26. The van der Waals surface area contributed by atoms with Gasteiger partial charge in [-0.1, -0.05) is 0 Å². The van der Waals surface area contributed by atoms with Crippen LogP contribution in [0.2, 0.25) is 0 Å². The van der Waals surface area contributed by atoms with E-state index in [0.29, 0.717) is 0 Å². The molecule has 19 heavy (non-hydrogen) atoms. The molecule has 0 aromatic carbocycles. The van der Waals surface area contributed by atoms with Crippen molar-refractivity contribution in [2.75, 3.05) is 20.8 Å². The summed E-state index contributed by atoms with van der Waals surface area (Å²) in [5.74, 6) is -1.15. The van der Waals surface area contributed by atoms with E-state index in [1.807, 2.05) is 0 Å². The standard InChI is InChI=1S/C11H12F3NO4/c1-17-9(16)3-4-19-7-5-8(11(12,13)14)10(18-2)15-6-7/h5-6H,3-4H2,1-2H3. The predicted octanol–water partition coefficient (Wildman–Crippen LogP) is 2.05. The molecular formula is C11H12F3NO4. The van der Waals surface area contributed by atoms with Crippen LogP contribution in [-0.4, -0.2) is 31.8 Å². The van der Waals surface area contributed by atoms with Crippen molar-refractivity contribution in [3.63, 3.8) is 0 Å². The summed E-state index contributed by atoms with van der Waals surface area (Å²) in [7, 11) is 2.30. The highest BCUT2D eigenvalue weighted by Gasteiger charge is 2.35. The Kier molecular flexibility index (Phi) is 4.96. The van der Waals surface area contributed by atoms with Crippen LogP contribution in [-0.2, 0) is 15.7 Å². The van der Waals surface area contributed by atoms with E-state index < -0.39 is 23.6 Å². The monoisotopic (exact) mass is 279 g/mol. The zero-order valence-electron chi connectivity index (χ0n) is 10.3. The Balaban J connectivity index is 2.78. The summed E-state index contributed by atoms with van der Waals surface area (Å²) in [6, 6.07) is 0.767. The zero-order chi connectivity index (χ0) is 14.5. The average Bonchev–Trinajstić information content (AvgIpc) is 2.37. The number of rotatable bonds is 5. The molecule has 8 heteroatoms. The van der Waals surface area contributed by atoms with Gasteiger partial charge in [0.15, 0.2) is 0 Å². The van der Waals surface area contributed by atoms with Crippen LogP contribution in [0.1, 0.15) is 12.0 Å². The van der Waals surface area contributed by atoms with Crippen molar-refractivity contribution in [2.45, 2.75) is 12.6 Å². The number of carbonyl (C=O) groups is 1. The molecule has 0 aliphatic heterocycles. The summed E-state index contributed by atoms with van der Waals surface area (Å²) in [5.41, 5.74) is -1.04. The van der Waals surface area contributed by atoms with Crippen LogP contribution in [0.25, 0.3) is 0 Å². The third kappa shape index (κ3) is 4.31. The molecule has 0 bridgehead atoms. The van der Waals surface area contributed by atoms with Crippen LogP contribution in [0.3, 0.4) is 0 Å². The summed E-state index contributed by atoms with van der Waals surface area (Å²) < 4.78 is 51.9. The number of esters is 1. The van der Waals surface area contributed by atoms with Gasteiger partial charge in [0.05, 0.1) is 33.4 Å². The number of nitrogens with zero attached hydrogens (tertiary/aromatic N) is 1. The number of hydrogen-bond donors (Lipinski definition) is 0. The Hall–Kier alpha value is -1.99. The summed E-state index contributed by atoms with van der Waals surface area (Å²) in [6.45, 7) is -0.0992.